The first-order valence-corrected chi connectivity index (χ1v) is 10.8. The van der Waals surface area contributed by atoms with Crippen LogP contribution in [0.4, 0.5) is 8.78 Å². The van der Waals surface area contributed by atoms with Crippen LogP contribution in [0.3, 0.4) is 0 Å². The fourth-order valence-corrected chi connectivity index (χ4v) is 4.38. The molecule has 0 spiro atoms. The predicted molar refractivity (Wildman–Crippen MR) is 115 cm³/mol. The summed E-state index contributed by atoms with van der Waals surface area (Å²) in [4.78, 5) is 11.9. The lowest BCUT2D eigenvalue weighted by atomic mass is 9.91. The Labute approximate surface area is 188 Å². The predicted octanol–water partition coefficient (Wildman–Crippen LogP) is 5.16. The van der Waals surface area contributed by atoms with E-state index >= 15 is 0 Å². The number of nitrogens with zero attached hydrogens (tertiary/aromatic N) is 3. The number of nitrogens with one attached hydrogen (secondary N) is 1. The summed E-state index contributed by atoms with van der Waals surface area (Å²) in [6, 6.07) is 7.75. The van der Waals surface area contributed by atoms with E-state index in [0.29, 0.717) is 23.8 Å². The number of carbonyl (C=O) groups is 1. The molecule has 1 N–H and O–H groups in total. The maximum absolute atomic E-state index is 14.4. The summed E-state index contributed by atoms with van der Waals surface area (Å²) in [7, 11) is 0. The number of rotatable bonds is 5. The molecule has 1 aromatic heterocycles. The Morgan fingerprint density at radius 1 is 1.16 bits per heavy atom. The van der Waals surface area contributed by atoms with Gasteiger partial charge in [0, 0.05) is 28.7 Å². The van der Waals surface area contributed by atoms with E-state index in [1.54, 1.807) is 19.9 Å². The maximum Gasteiger partial charge on any atom is 0.251 e. The molecule has 32 heavy (non-hydrogen) atoms. The van der Waals surface area contributed by atoms with Gasteiger partial charge in [0.2, 0.25) is 0 Å². The molecule has 9 heteroatoms. The number of halogens is 3. The lowest BCUT2D eigenvalue weighted by Crippen LogP contribution is -2.33. The molecular formula is C23H21ClF2N4O2. The van der Waals surface area contributed by atoms with Gasteiger partial charge in [-0.3, -0.25) is 4.79 Å². The van der Waals surface area contributed by atoms with Crippen LogP contribution in [0, 0.1) is 11.6 Å². The number of carbonyl (C=O) groups excluding carboxylic acids is 1. The molecule has 0 atom stereocenters. The average Bonchev–Trinajstić information content (AvgIpc) is 3.28. The molecule has 0 saturated heterocycles. The van der Waals surface area contributed by atoms with E-state index in [0.717, 1.165) is 42.5 Å². The zero-order valence-electron chi connectivity index (χ0n) is 17.6. The van der Waals surface area contributed by atoms with Crippen molar-refractivity contribution < 1.29 is 18.3 Å². The first-order chi connectivity index (χ1) is 15.2. The Kier molecular flexibility index (Phi) is 4.93. The molecule has 5 rings (SSSR count). The van der Waals surface area contributed by atoms with E-state index in [4.69, 9.17) is 16.3 Å². The van der Waals surface area contributed by atoms with Crippen LogP contribution >= 0.6 is 11.6 Å². The van der Waals surface area contributed by atoms with Crippen molar-refractivity contribution >= 4 is 17.5 Å². The van der Waals surface area contributed by atoms with E-state index in [-0.39, 0.29) is 17.0 Å². The van der Waals surface area contributed by atoms with E-state index in [1.165, 1.54) is 0 Å². The topological polar surface area (TPSA) is 69.0 Å². The minimum absolute atomic E-state index is 0.0466. The van der Waals surface area contributed by atoms with Gasteiger partial charge in [-0.2, -0.15) is 0 Å². The fraction of sp³-hybridized carbons (Fsp3) is 0.348. The van der Waals surface area contributed by atoms with Gasteiger partial charge >= 0.3 is 0 Å². The number of ether oxygens (including phenoxy) is 1. The summed E-state index contributed by atoms with van der Waals surface area (Å²) >= 11 is 5.74. The maximum atomic E-state index is 14.4. The molecule has 2 aromatic carbocycles. The summed E-state index contributed by atoms with van der Waals surface area (Å²) in [5.74, 6) is -1.25. The summed E-state index contributed by atoms with van der Waals surface area (Å²) in [5, 5.41) is 11.6. The lowest BCUT2D eigenvalue weighted by Gasteiger charge is -2.33. The first kappa shape index (κ1) is 20.9. The molecular weight excluding hydrogens is 438 g/mol. The van der Waals surface area contributed by atoms with Crippen molar-refractivity contribution in [3.63, 3.8) is 0 Å². The van der Waals surface area contributed by atoms with Crippen molar-refractivity contribution in [2.24, 2.45) is 0 Å². The summed E-state index contributed by atoms with van der Waals surface area (Å²) in [6.07, 6.45) is 2.97. The van der Waals surface area contributed by atoms with Crippen LogP contribution in [-0.2, 0) is 12.1 Å². The minimum atomic E-state index is -1.18. The second-order valence-corrected chi connectivity index (χ2v) is 9.10. The van der Waals surface area contributed by atoms with Crippen LogP contribution in [0.1, 0.15) is 60.9 Å². The third kappa shape index (κ3) is 3.43. The number of hydrogen-bond acceptors (Lipinski definition) is 4. The van der Waals surface area contributed by atoms with Crippen molar-refractivity contribution in [2.75, 3.05) is 0 Å². The molecule has 1 aliphatic carbocycles. The molecule has 0 bridgehead atoms. The van der Waals surface area contributed by atoms with Crippen LogP contribution in [0.15, 0.2) is 30.3 Å². The number of hydrogen-bond donors (Lipinski definition) is 1. The monoisotopic (exact) mass is 458 g/mol. The molecule has 3 aromatic rings. The van der Waals surface area contributed by atoms with Gasteiger partial charge in [0.05, 0.1) is 0 Å². The highest BCUT2D eigenvalue weighted by molar-refractivity contribution is 6.30. The van der Waals surface area contributed by atoms with E-state index in [9.17, 15) is 13.6 Å². The highest BCUT2D eigenvalue weighted by atomic mass is 35.5. The number of amides is 1. The van der Waals surface area contributed by atoms with E-state index in [1.807, 2.05) is 16.7 Å². The largest absolute Gasteiger partial charge is 0.474 e. The van der Waals surface area contributed by atoms with Crippen molar-refractivity contribution in [1.29, 1.82) is 0 Å². The van der Waals surface area contributed by atoms with Crippen LogP contribution < -0.4 is 10.1 Å². The highest BCUT2D eigenvalue weighted by Crippen LogP contribution is 2.40. The van der Waals surface area contributed by atoms with Gasteiger partial charge in [0.1, 0.15) is 0 Å². The Bertz CT molecular complexity index is 1210. The Hall–Kier alpha value is -3.00. The molecule has 1 amide bonds. The molecule has 1 saturated carbocycles. The Morgan fingerprint density at radius 3 is 2.53 bits per heavy atom. The molecule has 2 heterocycles. The molecule has 0 radical (unpaired) electrons. The second kappa shape index (κ2) is 7.55. The standard InChI is InChI=1S/C23H21ClF2N4O2/c1-23(2,32-19-17(25)9-14(24)10-18(19)26)22-29-28-20(30(22)15-4-3-5-15)12-6-7-16-13(8-12)11-27-21(16)31/h6-10,15H,3-5,11H2,1-2H3,(H,27,31). The summed E-state index contributed by atoms with van der Waals surface area (Å²) in [6.45, 7) is 3.87. The van der Waals surface area contributed by atoms with Crippen molar-refractivity contribution in [1.82, 2.24) is 20.1 Å². The fourth-order valence-electron chi connectivity index (χ4n) is 4.19. The third-order valence-electron chi connectivity index (χ3n) is 6.04. The molecule has 0 unspecified atom stereocenters. The molecule has 166 valence electrons. The molecule has 1 aliphatic heterocycles. The van der Waals surface area contributed by atoms with Gasteiger partial charge in [-0.05, 0) is 62.9 Å². The van der Waals surface area contributed by atoms with Crippen LogP contribution in [-0.4, -0.2) is 20.7 Å². The first-order valence-electron chi connectivity index (χ1n) is 10.4. The molecule has 6 nitrogen and oxygen atoms in total. The number of benzene rings is 2. The van der Waals surface area contributed by atoms with Crippen LogP contribution in [0.5, 0.6) is 5.75 Å². The third-order valence-corrected chi connectivity index (χ3v) is 6.26. The van der Waals surface area contributed by atoms with Gasteiger partial charge in [-0.25, -0.2) is 8.78 Å². The molecule has 2 aliphatic rings. The van der Waals surface area contributed by atoms with E-state index < -0.39 is 23.0 Å². The van der Waals surface area contributed by atoms with E-state index in [2.05, 4.69) is 15.5 Å². The zero-order chi connectivity index (χ0) is 22.6. The molecule has 1 fully saturated rings. The van der Waals surface area contributed by atoms with Crippen LogP contribution in [0.25, 0.3) is 11.4 Å². The van der Waals surface area contributed by atoms with Gasteiger partial charge < -0.3 is 14.6 Å². The van der Waals surface area contributed by atoms with Gasteiger partial charge in [0.15, 0.2) is 34.6 Å². The second-order valence-electron chi connectivity index (χ2n) is 8.67. The average molecular weight is 459 g/mol. The normalized spacial score (nSPS) is 16.0. The zero-order valence-corrected chi connectivity index (χ0v) is 18.3. The lowest BCUT2D eigenvalue weighted by molar-refractivity contribution is 0.0778. The van der Waals surface area contributed by atoms with Gasteiger partial charge in [-0.1, -0.05) is 17.7 Å². The van der Waals surface area contributed by atoms with Gasteiger partial charge in [0.25, 0.3) is 5.91 Å². The Balaban J connectivity index is 1.57. The SMILES string of the molecule is CC(C)(Oc1c(F)cc(Cl)cc1F)c1nnc(-c2ccc3c(c2)CNC3=O)n1C1CCC1. The summed E-state index contributed by atoms with van der Waals surface area (Å²) < 4.78 is 36.6. The van der Waals surface area contributed by atoms with Crippen molar-refractivity contribution in [2.45, 2.75) is 51.3 Å². The minimum Gasteiger partial charge on any atom is -0.474 e. The number of fused-ring (bicyclic) bond motifs is 1. The van der Waals surface area contributed by atoms with Crippen molar-refractivity contribution in [3.05, 3.63) is 63.9 Å². The highest BCUT2D eigenvalue weighted by Gasteiger charge is 2.37. The van der Waals surface area contributed by atoms with Crippen molar-refractivity contribution in [3.8, 4) is 17.1 Å². The van der Waals surface area contributed by atoms with Gasteiger partial charge in [-0.15, -0.1) is 10.2 Å². The number of aromatic nitrogens is 3. The Morgan fingerprint density at radius 2 is 1.88 bits per heavy atom. The summed E-state index contributed by atoms with van der Waals surface area (Å²) in [5.41, 5.74) is 1.20. The smallest absolute Gasteiger partial charge is 0.251 e. The van der Waals surface area contributed by atoms with Crippen LogP contribution in [0.2, 0.25) is 5.02 Å². The quantitative estimate of drug-likeness (QED) is 0.573.